The number of halogens is 2. The Balaban J connectivity index is 0.00000420. The number of hydrogen-bond acceptors (Lipinski definition) is 5. The first-order valence-corrected chi connectivity index (χ1v) is 9.92. The van der Waals surface area contributed by atoms with Crippen LogP contribution in [-0.2, 0) is 6.54 Å². The van der Waals surface area contributed by atoms with Crippen LogP contribution in [0, 0.1) is 0 Å². The summed E-state index contributed by atoms with van der Waals surface area (Å²) < 4.78 is 1.42. The molecule has 0 saturated carbocycles. The van der Waals surface area contributed by atoms with Crippen molar-refractivity contribution in [1.29, 1.82) is 0 Å². The highest BCUT2D eigenvalue weighted by molar-refractivity contribution is 6.05. The summed E-state index contributed by atoms with van der Waals surface area (Å²) in [4.78, 5) is 44.7. The molecule has 0 aromatic carbocycles. The molecule has 0 radical (unpaired) electrons. The van der Waals surface area contributed by atoms with Gasteiger partial charge in [-0.25, -0.2) is 9.78 Å². The molecule has 2 rings (SSSR count). The Morgan fingerprint density at radius 3 is 2.33 bits per heavy atom. The van der Waals surface area contributed by atoms with Crippen molar-refractivity contribution in [2.24, 2.45) is 5.73 Å². The third-order valence-electron chi connectivity index (χ3n) is 5.26. The highest BCUT2D eigenvalue weighted by Gasteiger charge is 2.24. The van der Waals surface area contributed by atoms with Gasteiger partial charge in [0.1, 0.15) is 0 Å². The van der Waals surface area contributed by atoms with Crippen molar-refractivity contribution in [3.63, 3.8) is 0 Å². The highest BCUT2D eigenvalue weighted by Crippen LogP contribution is 2.20. The van der Waals surface area contributed by atoms with Crippen LogP contribution in [0.2, 0.25) is 0 Å². The number of pyridine rings is 1. The predicted molar refractivity (Wildman–Crippen MR) is 125 cm³/mol. The zero-order valence-corrected chi connectivity index (χ0v) is 19.8. The molecule has 0 aliphatic rings. The fourth-order valence-corrected chi connectivity index (χ4v) is 3.05. The van der Waals surface area contributed by atoms with Gasteiger partial charge in [0.2, 0.25) is 0 Å². The fourth-order valence-electron chi connectivity index (χ4n) is 3.05. The van der Waals surface area contributed by atoms with E-state index in [9.17, 15) is 14.4 Å². The van der Waals surface area contributed by atoms with E-state index in [2.05, 4.69) is 15.3 Å². The van der Waals surface area contributed by atoms with Crippen molar-refractivity contribution in [2.75, 3.05) is 6.54 Å². The molecule has 0 fully saturated rings. The lowest BCUT2D eigenvalue weighted by Crippen LogP contribution is -2.49. The molecule has 2 heterocycles. The zero-order valence-electron chi connectivity index (χ0n) is 18.2. The standard InChI is InChI=1S/C20H31N5O3.2ClH/c1-6-9-25-16-15(18(27)24-19(25)28)13(10-14(23-16)12(4)5)17(26)22-11-20(21,7-2)8-3;;/h10,12H,6-9,11,21H2,1-5H3,(H,22,26)(H,24,27,28);2*1H. The first-order valence-electron chi connectivity index (χ1n) is 9.92. The van der Waals surface area contributed by atoms with E-state index in [-0.39, 0.29) is 47.3 Å². The van der Waals surface area contributed by atoms with Crippen molar-refractivity contribution in [3.8, 4) is 0 Å². The maximum atomic E-state index is 13.0. The first kappa shape index (κ1) is 28.1. The maximum absolute atomic E-state index is 13.0. The third-order valence-corrected chi connectivity index (χ3v) is 5.26. The van der Waals surface area contributed by atoms with E-state index < -0.39 is 22.7 Å². The Kier molecular flexibility index (Phi) is 10.8. The number of fused-ring (bicyclic) bond motifs is 1. The molecule has 0 aliphatic carbocycles. The van der Waals surface area contributed by atoms with Crippen LogP contribution in [0.1, 0.15) is 75.9 Å². The summed E-state index contributed by atoms with van der Waals surface area (Å²) in [5.41, 5.74) is 5.77. The van der Waals surface area contributed by atoms with Gasteiger partial charge in [-0.1, -0.05) is 34.6 Å². The van der Waals surface area contributed by atoms with Crippen LogP contribution in [0.15, 0.2) is 15.7 Å². The Bertz CT molecular complexity index is 981. The monoisotopic (exact) mass is 461 g/mol. The SMILES string of the molecule is CCCn1c(=O)[nH]c(=O)c2c(C(=O)NCC(N)(CC)CC)cc(C(C)C)nc21.Cl.Cl. The van der Waals surface area contributed by atoms with Crippen molar-refractivity contribution < 1.29 is 4.79 Å². The fraction of sp³-hybridized carbons (Fsp3) is 0.600. The smallest absolute Gasteiger partial charge is 0.329 e. The van der Waals surface area contributed by atoms with Gasteiger partial charge in [-0.2, -0.15) is 0 Å². The highest BCUT2D eigenvalue weighted by atomic mass is 35.5. The number of carbonyl (C=O) groups excluding carboxylic acids is 1. The van der Waals surface area contributed by atoms with E-state index >= 15 is 0 Å². The van der Waals surface area contributed by atoms with E-state index in [0.29, 0.717) is 25.2 Å². The molecule has 1 amide bonds. The number of nitrogens with one attached hydrogen (secondary N) is 2. The van der Waals surface area contributed by atoms with Crippen LogP contribution in [0.25, 0.3) is 11.0 Å². The molecule has 4 N–H and O–H groups in total. The summed E-state index contributed by atoms with van der Waals surface area (Å²) in [6, 6.07) is 1.63. The van der Waals surface area contributed by atoms with Gasteiger partial charge in [0.05, 0.1) is 10.9 Å². The normalized spacial score (nSPS) is 11.2. The van der Waals surface area contributed by atoms with Crippen molar-refractivity contribution in [2.45, 2.75) is 71.9 Å². The molecular formula is C20H33Cl2N5O3. The second-order valence-electron chi connectivity index (χ2n) is 7.61. The first-order chi connectivity index (χ1) is 13.2. The lowest BCUT2D eigenvalue weighted by atomic mass is 9.94. The van der Waals surface area contributed by atoms with Crippen LogP contribution in [0.3, 0.4) is 0 Å². The van der Waals surface area contributed by atoms with Crippen LogP contribution >= 0.6 is 24.8 Å². The summed E-state index contributed by atoms with van der Waals surface area (Å²) in [5, 5.41) is 2.99. The van der Waals surface area contributed by atoms with Gasteiger partial charge in [0.25, 0.3) is 11.5 Å². The number of nitrogens with zero attached hydrogens (tertiary/aromatic N) is 2. The van der Waals surface area contributed by atoms with Gasteiger partial charge in [-0.15, -0.1) is 24.8 Å². The summed E-state index contributed by atoms with van der Waals surface area (Å²) in [6.45, 7) is 10.5. The number of aromatic nitrogens is 3. The molecule has 0 spiro atoms. The number of carbonyl (C=O) groups is 1. The molecule has 0 aliphatic heterocycles. The molecular weight excluding hydrogens is 429 g/mol. The number of rotatable bonds is 8. The molecule has 8 nitrogen and oxygen atoms in total. The van der Waals surface area contributed by atoms with Crippen LogP contribution in [0.5, 0.6) is 0 Å². The van der Waals surface area contributed by atoms with E-state index in [4.69, 9.17) is 5.73 Å². The number of H-pyrrole nitrogens is 1. The molecule has 2 aromatic heterocycles. The summed E-state index contributed by atoms with van der Waals surface area (Å²) in [7, 11) is 0. The predicted octanol–water partition coefficient (Wildman–Crippen LogP) is 2.71. The van der Waals surface area contributed by atoms with Gasteiger partial charge in [0.15, 0.2) is 5.65 Å². The van der Waals surface area contributed by atoms with Gasteiger partial charge >= 0.3 is 5.69 Å². The maximum Gasteiger partial charge on any atom is 0.329 e. The molecule has 30 heavy (non-hydrogen) atoms. The summed E-state index contributed by atoms with van der Waals surface area (Å²) in [6.07, 6.45) is 2.13. The van der Waals surface area contributed by atoms with Gasteiger partial charge < -0.3 is 11.1 Å². The molecule has 0 atom stereocenters. The molecule has 2 aromatic rings. The van der Waals surface area contributed by atoms with Crippen LogP contribution in [-0.4, -0.2) is 32.5 Å². The topological polar surface area (TPSA) is 123 Å². The van der Waals surface area contributed by atoms with Crippen LogP contribution in [0.4, 0.5) is 0 Å². The quantitative estimate of drug-likeness (QED) is 0.557. The Morgan fingerprint density at radius 1 is 1.23 bits per heavy atom. The van der Waals surface area contributed by atoms with E-state index in [1.807, 2.05) is 34.6 Å². The number of aromatic amines is 1. The third kappa shape index (κ3) is 5.83. The van der Waals surface area contributed by atoms with Crippen LogP contribution < -0.4 is 22.3 Å². The Morgan fingerprint density at radius 2 is 1.83 bits per heavy atom. The van der Waals surface area contributed by atoms with Gasteiger partial charge in [0, 0.05) is 24.3 Å². The molecule has 0 saturated heterocycles. The van der Waals surface area contributed by atoms with Crippen molar-refractivity contribution >= 4 is 41.8 Å². The van der Waals surface area contributed by atoms with E-state index in [0.717, 1.165) is 12.8 Å². The Labute approximate surface area is 188 Å². The lowest BCUT2D eigenvalue weighted by Gasteiger charge is -2.27. The second kappa shape index (κ2) is 11.5. The minimum absolute atomic E-state index is 0. The summed E-state index contributed by atoms with van der Waals surface area (Å²) in [5.74, 6) is -0.362. The second-order valence-corrected chi connectivity index (χ2v) is 7.61. The number of hydrogen-bond donors (Lipinski definition) is 3. The summed E-state index contributed by atoms with van der Waals surface area (Å²) >= 11 is 0. The molecule has 10 heteroatoms. The minimum Gasteiger partial charge on any atom is -0.350 e. The number of aryl methyl sites for hydroxylation is 1. The minimum atomic E-state index is -0.606. The van der Waals surface area contributed by atoms with Gasteiger partial charge in [-0.3, -0.25) is 19.1 Å². The van der Waals surface area contributed by atoms with Crippen molar-refractivity contribution in [1.82, 2.24) is 19.9 Å². The molecule has 170 valence electrons. The van der Waals surface area contributed by atoms with E-state index in [1.165, 1.54) is 4.57 Å². The zero-order chi connectivity index (χ0) is 21.1. The van der Waals surface area contributed by atoms with E-state index in [1.54, 1.807) is 6.07 Å². The Hall–Kier alpha value is -1.90. The number of nitrogens with two attached hydrogens (primary N) is 1. The van der Waals surface area contributed by atoms with Gasteiger partial charge in [-0.05, 0) is 31.2 Å². The average molecular weight is 462 g/mol. The molecule has 0 bridgehead atoms. The number of amides is 1. The lowest BCUT2D eigenvalue weighted by molar-refractivity contribution is 0.0943. The van der Waals surface area contributed by atoms with Crippen molar-refractivity contribution in [3.05, 3.63) is 38.2 Å². The molecule has 0 unspecified atom stereocenters. The largest absolute Gasteiger partial charge is 0.350 e. The average Bonchev–Trinajstić information content (AvgIpc) is 2.67.